The molecule has 0 fully saturated rings. The third kappa shape index (κ3) is 3.07. The smallest absolute Gasteiger partial charge is 0.0666 e. The molecule has 0 aliphatic heterocycles. The standard InChI is InChI=1S/C13H22N4/c1-6-17-12(5)13(11(4)16-17)10(3)15-8-9(2)7-14/h9-10,15H,6,8H2,1-5H3. The predicted molar refractivity (Wildman–Crippen MR) is 68.6 cm³/mol. The quantitative estimate of drug-likeness (QED) is 0.850. The molecule has 2 atom stereocenters. The number of nitrogens with one attached hydrogen (secondary N) is 1. The van der Waals surface area contributed by atoms with Crippen molar-refractivity contribution in [1.29, 1.82) is 5.26 Å². The highest BCUT2D eigenvalue weighted by Gasteiger charge is 2.16. The number of hydrogen-bond donors (Lipinski definition) is 1. The maximum atomic E-state index is 8.76. The number of hydrogen-bond acceptors (Lipinski definition) is 3. The molecule has 4 nitrogen and oxygen atoms in total. The van der Waals surface area contributed by atoms with Crippen molar-refractivity contribution in [1.82, 2.24) is 15.1 Å². The second-order valence-corrected chi connectivity index (χ2v) is 4.56. The van der Waals surface area contributed by atoms with Gasteiger partial charge in [0.05, 0.1) is 17.7 Å². The molecule has 1 N–H and O–H groups in total. The molecule has 0 aliphatic carbocycles. The van der Waals surface area contributed by atoms with Crippen LogP contribution >= 0.6 is 0 Å². The highest BCUT2D eigenvalue weighted by molar-refractivity contribution is 5.27. The summed E-state index contributed by atoms with van der Waals surface area (Å²) in [4.78, 5) is 0. The largest absolute Gasteiger partial charge is 0.309 e. The van der Waals surface area contributed by atoms with Gasteiger partial charge in [-0.3, -0.25) is 4.68 Å². The van der Waals surface area contributed by atoms with E-state index >= 15 is 0 Å². The summed E-state index contributed by atoms with van der Waals surface area (Å²) in [6.07, 6.45) is 0. The molecule has 2 unspecified atom stereocenters. The first kappa shape index (κ1) is 13.7. The van der Waals surface area contributed by atoms with E-state index in [0.29, 0.717) is 6.54 Å². The molecule has 4 heteroatoms. The zero-order valence-corrected chi connectivity index (χ0v) is 11.4. The zero-order valence-electron chi connectivity index (χ0n) is 11.4. The SMILES string of the molecule is CCn1nc(C)c(C(C)NCC(C)C#N)c1C. The second kappa shape index (κ2) is 5.83. The van der Waals surface area contributed by atoms with Gasteiger partial charge in [-0.2, -0.15) is 10.4 Å². The Morgan fingerprint density at radius 3 is 2.53 bits per heavy atom. The van der Waals surface area contributed by atoms with Crippen LogP contribution in [0.3, 0.4) is 0 Å². The number of nitriles is 1. The minimum atomic E-state index is 0.0410. The summed E-state index contributed by atoms with van der Waals surface area (Å²) in [6, 6.07) is 2.48. The Balaban J connectivity index is 2.79. The fourth-order valence-corrected chi connectivity index (χ4v) is 2.15. The van der Waals surface area contributed by atoms with Gasteiger partial charge in [0.25, 0.3) is 0 Å². The van der Waals surface area contributed by atoms with Crippen LogP contribution in [0.5, 0.6) is 0 Å². The summed E-state index contributed by atoms with van der Waals surface area (Å²) in [5.74, 6) is 0.0410. The van der Waals surface area contributed by atoms with Gasteiger partial charge in [0.1, 0.15) is 0 Å². The van der Waals surface area contributed by atoms with Crippen molar-refractivity contribution in [2.75, 3.05) is 6.54 Å². The van der Waals surface area contributed by atoms with Gasteiger partial charge in [0.15, 0.2) is 0 Å². The van der Waals surface area contributed by atoms with Crippen molar-refractivity contribution in [3.8, 4) is 6.07 Å². The molecule has 0 radical (unpaired) electrons. The average molecular weight is 234 g/mol. The van der Waals surface area contributed by atoms with Gasteiger partial charge in [-0.25, -0.2) is 0 Å². The lowest BCUT2D eigenvalue weighted by Crippen LogP contribution is -2.24. The molecule has 1 aromatic heterocycles. The number of aromatic nitrogens is 2. The molecule has 0 aliphatic rings. The van der Waals surface area contributed by atoms with Gasteiger partial charge < -0.3 is 5.32 Å². The Labute approximate surface area is 104 Å². The minimum Gasteiger partial charge on any atom is -0.309 e. The first-order valence-electron chi connectivity index (χ1n) is 6.18. The number of nitrogens with zero attached hydrogens (tertiary/aromatic N) is 3. The average Bonchev–Trinajstić information content (AvgIpc) is 2.60. The molecular formula is C13H22N4. The van der Waals surface area contributed by atoms with Crippen LogP contribution in [0.25, 0.3) is 0 Å². The van der Waals surface area contributed by atoms with Crippen molar-refractivity contribution in [2.24, 2.45) is 5.92 Å². The van der Waals surface area contributed by atoms with E-state index in [1.165, 1.54) is 11.3 Å². The van der Waals surface area contributed by atoms with E-state index in [0.717, 1.165) is 12.2 Å². The van der Waals surface area contributed by atoms with E-state index in [1.54, 1.807) is 0 Å². The highest BCUT2D eigenvalue weighted by atomic mass is 15.3. The molecule has 0 spiro atoms. The lowest BCUT2D eigenvalue weighted by Gasteiger charge is -2.15. The van der Waals surface area contributed by atoms with E-state index in [4.69, 9.17) is 5.26 Å². The van der Waals surface area contributed by atoms with Crippen LogP contribution in [0.15, 0.2) is 0 Å². The predicted octanol–water partition coefficient (Wildman–Crippen LogP) is 2.33. The van der Waals surface area contributed by atoms with Crippen molar-refractivity contribution in [3.05, 3.63) is 17.0 Å². The Kier molecular flexibility index (Phi) is 4.71. The van der Waals surface area contributed by atoms with E-state index in [1.807, 2.05) is 18.5 Å². The summed E-state index contributed by atoms with van der Waals surface area (Å²) in [5, 5.41) is 16.7. The Morgan fingerprint density at radius 2 is 2.06 bits per heavy atom. The third-order valence-electron chi connectivity index (χ3n) is 3.12. The van der Waals surface area contributed by atoms with Gasteiger partial charge in [-0.1, -0.05) is 0 Å². The van der Waals surface area contributed by atoms with Gasteiger partial charge in [-0.05, 0) is 34.6 Å². The Morgan fingerprint density at radius 1 is 1.41 bits per heavy atom. The second-order valence-electron chi connectivity index (χ2n) is 4.56. The van der Waals surface area contributed by atoms with Crippen LogP contribution in [-0.4, -0.2) is 16.3 Å². The van der Waals surface area contributed by atoms with Crippen LogP contribution in [0.4, 0.5) is 0 Å². The molecule has 17 heavy (non-hydrogen) atoms. The number of rotatable bonds is 5. The summed E-state index contributed by atoms with van der Waals surface area (Å²) in [7, 11) is 0. The Bertz CT molecular complexity index is 414. The maximum Gasteiger partial charge on any atom is 0.0666 e. The molecule has 1 rings (SSSR count). The topological polar surface area (TPSA) is 53.6 Å². The highest BCUT2D eigenvalue weighted by Crippen LogP contribution is 2.21. The van der Waals surface area contributed by atoms with Gasteiger partial charge in [-0.15, -0.1) is 0 Å². The fourth-order valence-electron chi connectivity index (χ4n) is 2.15. The van der Waals surface area contributed by atoms with E-state index < -0.39 is 0 Å². The summed E-state index contributed by atoms with van der Waals surface area (Å²) in [6.45, 7) is 11.9. The fraction of sp³-hybridized carbons (Fsp3) is 0.692. The molecule has 0 bridgehead atoms. The van der Waals surface area contributed by atoms with E-state index in [9.17, 15) is 0 Å². The number of aryl methyl sites for hydroxylation is 2. The van der Waals surface area contributed by atoms with E-state index in [2.05, 4.69) is 37.3 Å². The van der Waals surface area contributed by atoms with Crippen LogP contribution in [-0.2, 0) is 6.54 Å². The van der Waals surface area contributed by atoms with Crippen LogP contribution in [0, 0.1) is 31.1 Å². The molecule has 0 saturated carbocycles. The molecule has 1 aromatic rings. The van der Waals surface area contributed by atoms with Crippen molar-refractivity contribution < 1.29 is 0 Å². The lowest BCUT2D eigenvalue weighted by atomic mass is 10.1. The molecule has 0 aromatic carbocycles. The summed E-state index contributed by atoms with van der Waals surface area (Å²) >= 11 is 0. The van der Waals surface area contributed by atoms with E-state index in [-0.39, 0.29) is 12.0 Å². The van der Waals surface area contributed by atoms with Crippen molar-refractivity contribution in [2.45, 2.75) is 47.2 Å². The van der Waals surface area contributed by atoms with Crippen LogP contribution in [0.1, 0.15) is 43.8 Å². The summed E-state index contributed by atoms with van der Waals surface area (Å²) in [5.41, 5.74) is 3.56. The van der Waals surface area contributed by atoms with Gasteiger partial charge in [0.2, 0.25) is 0 Å². The zero-order chi connectivity index (χ0) is 13.0. The monoisotopic (exact) mass is 234 g/mol. The summed E-state index contributed by atoms with van der Waals surface area (Å²) < 4.78 is 2.02. The Hall–Kier alpha value is -1.34. The first-order valence-corrected chi connectivity index (χ1v) is 6.18. The first-order chi connectivity index (χ1) is 8.01. The normalized spacial score (nSPS) is 14.4. The molecule has 1 heterocycles. The molecule has 0 amide bonds. The van der Waals surface area contributed by atoms with Crippen LogP contribution < -0.4 is 5.32 Å². The lowest BCUT2D eigenvalue weighted by molar-refractivity contribution is 0.523. The molecular weight excluding hydrogens is 212 g/mol. The third-order valence-corrected chi connectivity index (χ3v) is 3.12. The minimum absolute atomic E-state index is 0.0410. The molecule has 94 valence electrons. The van der Waals surface area contributed by atoms with Crippen molar-refractivity contribution in [3.63, 3.8) is 0 Å². The van der Waals surface area contributed by atoms with Crippen molar-refractivity contribution >= 4 is 0 Å². The maximum absolute atomic E-state index is 8.76. The van der Waals surface area contributed by atoms with Gasteiger partial charge in [0, 0.05) is 30.4 Å². The molecule has 0 saturated heterocycles. The van der Waals surface area contributed by atoms with Crippen LogP contribution in [0.2, 0.25) is 0 Å². The van der Waals surface area contributed by atoms with Gasteiger partial charge >= 0.3 is 0 Å².